The maximum absolute atomic E-state index is 11.9. The fourth-order valence-electron chi connectivity index (χ4n) is 1.26. The van der Waals surface area contributed by atoms with Gasteiger partial charge in [-0.15, -0.1) is 0 Å². The lowest BCUT2D eigenvalue weighted by Gasteiger charge is -2.20. The summed E-state index contributed by atoms with van der Waals surface area (Å²) in [6, 6.07) is 4.53. The van der Waals surface area contributed by atoms with Crippen molar-refractivity contribution in [3.8, 4) is 0 Å². The molecule has 0 bridgehead atoms. The molecule has 0 heterocycles. The van der Waals surface area contributed by atoms with Crippen LogP contribution in [0, 0.1) is 0 Å². The van der Waals surface area contributed by atoms with E-state index in [9.17, 15) is 16.8 Å². The van der Waals surface area contributed by atoms with Gasteiger partial charge in [-0.05, 0) is 67.2 Å². The fourth-order valence-corrected chi connectivity index (χ4v) is 3.33. The van der Waals surface area contributed by atoms with Crippen LogP contribution in [0.25, 0.3) is 0 Å². The summed E-state index contributed by atoms with van der Waals surface area (Å²) in [5, 5.41) is 5.50. The molecule has 10 heteroatoms. The molecule has 0 aliphatic heterocycles. The van der Waals surface area contributed by atoms with Gasteiger partial charge in [0.2, 0.25) is 10.0 Å². The number of hydrogen-bond donors (Lipinski definition) is 4. The van der Waals surface area contributed by atoms with Gasteiger partial charge in [0.25, 0.3) is 10.1 Å². The molecule has 0 spiro atoms. The molecule has 0 saturated carbocycles. The lowest BCUT2D eigenvalue weighted by Crippen LogP contribution is -2.40. The van der Waals surface area contributed by atoms with Crippen molar-refractivity contribution < 1.29 is 21.4 Å². The molecule has 0 aliphatic carbocycles. The van der Waals surface area contributed by atoms with E-state index in [1.165, 1.54) is 12.1 Å². The predicted molar refractivity (Wildman–Crippen MR) is 96.3 cm³/mol. The van der Waals surface area contributed by atoms with Crippen LogP contribution in [0.2, 0.25) is 0 Å². The molecule has 0 fully saturated rings. The van der Waals surface area contributed by atoms with Crippen molar-refractivity contribution in [1.82, 2.24) is 15.4 Å². The molecule has 1 rings (SSSR count). The molecule has 24 heavy (non-hydrogen) atoms. The van der Waals surface area contributed by atoms with Gasteiger partial charge in [0.1, 0.15) is 0 Å². The molecule has 0 amide bonds. The van der Waals surface area contributed by atoms with Crippen molar-refractivity contribution in [1.29, 1.82) is 0 Å². The minimum atomic E-state index is -4.42. The average molecular weight is 384 g/mol. The summed E-state index contributed by atoms with van der Waals surface area (Å²) in [7, 11) is -0.748. The number of hydrogen-bond acceptors (Lipinski definition) is 6. The van der Waals surface area contributed by atoms with Crippen LogP contribution in [0.5, 0.6) is 0 Å². The third kappa shape index (κ3) is 11.5. The maximum Gasteiger partial charge on any atom is 0.294 e. The molecule has 142 valence electrons. The van der Waals surface area contributed by atoms with Gasteiger partial charge in [0.15, 0.2) is 0 Å². The van der Waals surface area contributed by atoms with Crippen LogP contribution in [-0.4, -0.2) is 55.1 Å². The number of sulfonamides is 1. The van der Waals surface area contributed by atoms with Gasteiger partial charge in [-0.3, -0.25) is 4.55 Å². The summed E-state index contributed by atoms with van der Waals surface area (Å²) >= 11 is 0. The Kier molecular flexibility index (Phi) is 11.3. The molecule has 8 nitrogen and oxygen atoms in total. The first-order valence-corrected chi connectivity index (χ1v) is 9.96. The zero-order chi connectivity index (χ0) is 19.6. The van der Waals surface area contributed by atoms with Crippen LogP contribution >= 0.6 is 0 Å². The molecule has 0 unspecified atom stereocenters. The van der Waals surface area contributed by atoms with Crippen molar-refractivity contribution in [3.05, 3.63) is 24.3 Å². The highest BCUT2D eigenvalue weighted by Crippen LogP contribution is 2.17. The van der Waals surface area contributed by atoms with Crippen LogP contribution in [-0.2, 0) is 20.1 Å². The second kappa shape index (κ2) is 10.7. The SMILES string of the molecule is CC(C)(C)NS(=O)(=O)c1cccc(S(=O)(=O)O)c1.CNC.CNC. The van der Waals surface area contributed by atoms with E-state index in [1.54, 1.807) is 20.8 Å². The molecule has 0 atom stereocenters. The highest BCUT2D eigenvalue weighted by Gasteiger charge is 2.23. The van der Waals surface area contributed by atoms with Gasteiger partial charge < -0.3 is 10.6 Å². The second-order valence-electron chi connectivity index (χ2n) is 5.81. The molecule has 0 radical (unpaired) electrons. The van der Waals surface area contributed by atoms with Crippen LogP contribution < -0.4 is 15.4 Å². The lowest BCUT2D eigenvalue weighted by atomic mass is 10.1. The quantitative estimate of drug-likeness (QED) is 0.566. The van der Waals surface area contributed by atoms with E-state index < -0.39 is 30.6 Å². The van der Waals surface area contributed by atoms with E-state index in [0.29, 0.717) is 0 Å². The summed E-state index contributed by atoms with van der Waals surface area (Å²) in [4.78, 5) is -0.674. The van der Waals surface area contributed by atoms with E-state index in [4.69, 9.17) is 4.55 Å². The third-order valence-electron chi connectivity index (χ3n) is 1.85. The van der Waals surface area contributed by atoms with Crippen LogP contribution in [0.3, 0.4) is 0 Å². The lowest BCUT2D eigenvalue weighted by molar-refractivity contribution is 0.483. The molecule has 1 aromatic carbocycles. The molecular weight excluding hydrogens is 354 g/mol. The molecule has 4 N–H and O–H groups in total. The van der Waals surface area contributed by atoms with Crippen molar-refractivity contribution in [2.45, 2.75) is 36.1 Å². The van der Waals surface area contributed by atoms with Gasteiger partial charge in [0.05, 0.1) is 9.79 Å². The highest BCUT2D eigenvalue weighted by atomic mass is 32.2. The Bertz CT molecular complexity index is 679. The largest absolute Gasteiger partial charge is 0.323 e. The van der Waals surface area contributed by atoms with Crippen LogP contribution in [0.1, 0.15) is 20.8 Å². The minimum absolute atomic E-state index is 0.215. The number of nitrogens with one attached hydrogen (secondary N) is 3. The Hall–Kier alpha value is -1.04. The smallest absolute Gasteiger partial charge is 0.294 e. The van der Waals surface area contributed by atoms with Gasteiger partial charge in [-0.2, -0.15) is 8.42 Å². The van der Waals surface area contributed by atoms with E-state index in [-0.39, 0.29) is 4.90 Å². The zero-order valence-electron chi connectivity index (χ0n) is 15.2. The monoisotopic (exact) mass is 383 g/mol. The molecule has 0 aliphatic rings. The third-order valence-corrected chi connectivity index (χ3v) is 4.46. The topological polar surface area (TPSA) is 125 Å². The van der Waals surface area contributed by atoms with Crippen LogP contribution in [0.4, 0.5) is 0 Å². The van der Waals surface area contributed by atoms with E-state index in [0.717, 1.165) is 12.1 Å². The molecular formula is C14H29N3O5S2. The average Bonchev–Trinajstić information content (AvgIpc) is 2.37. The summed E-state index contributed by atoms with van der Waals surface area (Å²) in [5.74, 6) is 0. The Labute approximate surface area is 145 Å². The standard InChI is InChI=1S/C10H15NO5S2.2C2H7N/c1-10(2,3)11-17(12,13)8-5-4-6-9(7-8)18(14,15)16;2*1-3-2/h4-7,11H,1-3H3,(H,14,15,16);2*3H,1-2H3. The Morgan fingerprint density at radius 1 is 0.875 bits per heavy atom. The second-order valence-corrected chi connectivity index (χ2v) is 8.91. The first-order chi connectivity index (χ1) is 10.7. The molecule has 1 aromatic rings. The normalized spacial score (nSPS) is 11.7. The predicted octanol–water partition coefficient (Wildman–Crippen LogP) is 0.681. The summed E-state index contributed by atoms with van der Waals surface area (Å²) in [6.45, 7) is 4.99. The molecule has 0 aromatic heterocycles. The Balaban J connectivity index is 0. The summed E-state index contributed by atoms with van der Waals surface area (Å²) in [5.41, 5.74) is -0.688. The van der Waals surface area contributed by atoms with Crippen molar-refractivity contribution in [2.24, 2.45) is 0 Å². The number of benzene rings is 1. The summed E-state index contributed by atoms with van der Waals surface area (Å²) in [6.07, 6.45) is 0. The van der Waals surface area contributed by atoms with E-state index in [1.807, 2.05) is 28.2 Å². The first-order valence-electron chi connectivity index (χ1n) is 7.03. The first kappa shape index (κ1) is 25.2. The van der Waals surface area contributed by atoms with E-state index >= 15 is 0 Å². The van der Waals surface area contributed by atoms with Gasteiger partial charge in [-0.25, -0.2) is 13.1 Å². The number of rotatable bonds is 3. The molecule has 0 saturated heterocycles. The van der Waals surface area contributed by atoms with Crippen molar-refractivity contribution in [2.75, 3.05) is 28.2 Å². The highest BCUT2D eigenvalue weighted by molar-refractivity contribution is 7.89. The Morgan fingerprint density at radius 3 is 1.58 bits per heavy atom. The van der Waals surface area contributed by atoms with Crippen molar-refractivity contribution >= 4 is 20.1 Å². The van der Waals surface area contributed by atoms with Crippen molar-refractivity contribution in [3.63, 3.8) is 0 Å². The summed E-state index contributed by atoms with van der Waals surface area (Å²) < 4.78 is 57.0. The van der Waals surface area contributed by atoms with Crippen LogP contribution in [0.15, 0.2) is 34.1 Å². The minimum Gasteiger partial charge on any atom is -0.323 e. The van der Waals surface area contributed by atoms with E-state index in [2.05, 4.69) is 15.4 Å². The Morgan fingerprint density at radius 2 is 1.25 bits per heavy atom. The zero-order valence-corrected chi connectivity index (χ0v) is 16.8. The maximum atomic E-state index is 11.9. The fraction of sp³-hybridized carbons (Fsp3) is 0.571. The van der Waals surface area contributed by atoms with Gasteiger partial charge in [-0.1, -0.05) is 6.07 Å². The van der Waals surface area contributed by atoms with Gasteiger partial charge >= 0.3 is 0 Å². The van der Waals surface area contributed by atoms with Gasteiger partial charge in [0, 0.05) is 5.54 Å².